The molecule has 3 nitrogen and oxygen atoms in total. The van der Waals surface area contributed by atoms with E-state index in [-0.39, 0.29) is 0 Å². The number of nitrogens with zero attached hydrogens (tertiary/aromatic N) is 1. The van der Waals surface area contributed by atoms with Crippen LogP contribution in [0.3, 0.4) is 0 Å². The van der Waals surface area contributed by atoms with Crippen LogP contribution in [0, 0.1) is 6.92 Å². The fourth-order valence-electron chi connectivity index (χ4n) is 1.54. The van der Waals surface area contributed by atoms with Gasteiger partial charge in [0.1, 0.15) is 17.4 Å². The first-order valence-corrected chi connectivity index (χ1v) is 6.44. The van der Waals surface area contributed by atoms with E-state index in [1.807, 2.05) is 38.2 Å². The summed E-state index contributed by atoms with van der Waals surface area (Å²) in [6.45, 7) is 3.39. The van der Waals surface area contributed by atoms with Crippen LogP contribution in [0.2, 0.25) is 0 Å². The third-order valence-corrected chi connectivity index (χ3v) is 3.27. The average molecular weight is 248 g/mol. The second-order valence-electron chi connectivity index (χ2n) is 3.82. The monoisotopic (exact) mass is 248 g/mol. The van der Waals surface area contributed by atoms with Gasteiger partial charge in [-0.15, -0.1) is 11.3 Å². The SMILES string of the molecule is CNCc1csc(COc2ccccc2C)n1. The maximum atomic E-state index is 5.74. The molecule has 0 bridgehead atoms. The van der Waals surface area contributed by atoms with Crippen molar-refractivity contribution < 1.29 is 4.74 Å². The van der Waals surface area contributed by atoms with Gasteiger partial charge < -0.3 is 10.1 Å². The maximum absolute atomic E-state index is 5.74. The van der Waals surface area contributed by atoms with Gasteiger partial charge in [-0.2, -0.15) is 0 Å². The van der Waals surface area contributed by atoms with Gasteiger partial charge in [-0.05, 0) is 25.6 Å². The van der Waals surface area contributed by atoms with E-state index in [0.717, 1.165) is 28.6 Å². The number of para-hydroxylation sites is 1. The lowest BCUT2D eigenvalue weighted by atomic mass is 10.2. The molecule has 0 radical (unpaired) electrons. The van der Waals surface area contributed by atoms with Crippen LogP contribution in [0.5, 0.6) is 5.75 Å². The van der Waals surface area contributed by atoms with E-state index >= 15 is 0 Å². The lowest BCUT2D eigenvalue weighted by Crippen LogP contribution is -2.05. The molecule has 0 fully saturated rings. The molecule has 0 atom stereocenters. The Morgan fingerprint density at radius 1 is 1.35 bits per heavy atom. The van der Waals surface area contributed by atoms with Gasteiger partial charge >= 0.3 is 0 Å². The first kappa shape index (κ1) is 12.1. The maximum Gasteiger partial charge on any atom is 0.140 e. The van der Waals surface area contributed by atoms with Gasteiger partial charge in [-0.25, -0.2) is 4.98 Å². The first-order valence-electron chi connectivity index (χ1n) is 5.56. The van der Waals surface area contributed by atoms with Crippen LogP contribution in [0.1, 0.15) is 16.3 Å². The second-order valence-corrected chi connectivity index (χ2v) is 4.76. The lowest BCUT2D eigenvalue weighted by molar-refractivity contribution is 0.303. The number of hydrogen-bond acceptors (Lipinski definition) is 4. The summed E-state index contributed by atoms with van der Waals surface area (Å²) >= 11 is 1.64. The summed E-state index contributed by atoms with van der Waals surface area (Å²) in [6.07, 6.45) is 0. The van der Waals surface area contributed by atoms with Crippen molar-refractivity contribution >= 4 is 11.3 Å². The van der Waals surface area contributed by atoms with Crippen LogP contribution in [0.15, 0.2) is 29.6 Å². The second kappa shape index (κ2) is 5.80. The van der Waals surface area contributed by atoms with Crippen LogP contribution in [-0.2, 0) is 13.2 Å². The molecule has 0 aliphatic carbocycles. The highest BCUT2D eigenvalue weighted by Crippen LogP contribution is 2.19. The third-order valence-electron chi connectivity index (χ3n) is 2.40. The Kier molecular flexibility index (Phi) is 4.12. The summed E-state index contributed by atoms with van der Waals surface area (Å²) in [6, 6.07) is 8.02. The lowest BCUT2D eigenvalue weighted by Gasteiger charge is -2.06. The Labute approximate surface area is 105 Å². The van der Waals surface area contributed by atoms with Crippen molar-refractivity contribution in [3.05, 3.63) is 45.9 Å². The minimum atomic E-state index is 0.541. The van der Waals surface area contributed by atoms with E-state index in [2.05, 4.69) is 15.7 Å². The van der Waals surface area contributed by atoms with Crippen molar-refractivity contribution in [3.8, 4) is 5.75 Å². The number of thiazole rings is 1. The highest BCUT2D eigenvalue weighted by Gasteiger charge is 2.03. The van der Waals surface area contributed by atoms with Crippen LogP contribution in [-0.4, -0.2) is 12.0 Å². The van der Waals surface area contributed by atoms with Crippen LogP contribution >= 0.6 is 11.3 Å². The zero-order chi connectivity index (χ0) is 12.1. The van der Waals surface area contributed by atoms with Crippen molar-refractivity contribution in [1.29, 1.82) is 0 Å². The molecule has 90 valence electrons. The molecule has 0 aliphatic rings. The molecule has 1 aromatic carbocycles. The van der Waals surface area contributed by atoms with Crippen molar-refractivity contribution in [3.63, 3.8) is 0 Å². The molecule has 17 heavy (non-hydrogen) atoms. The molecule has 1 N–H and O–H groups in total. The summed E-state index contributed by atoms with van der Waals surface area (Å²) in [5.41, 5.74) is 2.22. The average Bonchev–Trinajstić information content (AvgIpc) is 2.76. The van der Waals surface area contributed by atoms with Crippen LogP contribution in [0.25, 0.3) is 0 Å². The van der Waals surface area contributed by atoms with Crippen molar-refractivity contribution in [2.24, 2.45) is 0 Å². The summed E-state index contributed by atoms with van der Waals surface area (Å²) in [7, 11) is 1.92. The van der Waals surface area contributed by atoms with Crippen LogP contribution in [0.4, 0.5) is 0 Å². The summed E-state index contributed by atoms with van der Waals surface area (Å²) < 4.78 is 5.74. The standard InChI is InChI=1S/C13H16N2OS/c1-10-5-3-4-6-12(10)16-8-13-15-11(7-14-2)9-17-13/h3-6,9,14H,7-8H2,1-2H3. The Morgan fingerprint density at radius 3 is 2.94 bits per heavy atom. The van der Waals surface area contributed by atoms with Crippen LogP contribution < -0.4 is 10.1 Å². The minimum Gasteiger partial charge on any atom is -0.486 e. The zero-order valence-corrected chi connectivity index (χ0v) is 10.9. The van der Waals surface area contributed by atoms with E-state index < -0.39 is 0 Å². The van der Waals surface area contributed by atoms with Crippen molar-refractivity contribution in [1.82, 2.24) is 10.3 Å². The molecule has 1 aromatic heterocycles. The number of hydrogen-bond donors (Lipinski definition) is 1. The third kappa shape index (κ3) is 3.28. The molecule has 0 saturated carbocycles. The number of aromatic nitrogens is 1. The van der Waals surface area contributed by atoms with E-state index in [9.17, 15) is 0 Å². The molecular formula is C13H16N2OS. The van der Waals surface area contributed by atoms with Crippen molar-refractivity contribution in [2.75, 3.05) is 7.05 Å². The van der Waals surface area contributed by atoms with E-state index in [1.165, 1.54) is 0 Å². The molecule has 1 heterocycles. The fraction of sp³-hybridized carbons (Fsp3) is 0.308. The Hall–Kier alpha value is -1.39. The molecular weight excluding hydrogens is 232 g/mol. The molecule has 0 amide bonds. The molecule has 0 saturated heterocycles. The first-order chi connectivity index (χ1) is 8.29. The number of benzene rings is 1. The predicted molar refractivity (Wildman–Crippen MR) is 70.4 cm³/mol. The Bertz CT molecular complexity index is 482. The molecule has 2 rings (SSSR count). The predicted octanol–water partition coefficient (Wildman–Crippen LogP) is 2.75. The minimum absolute atomic E-state index is 0.541. The highest BCUT2D eigenvalue weighted by atomic mass is 32.1. The molecule has 4 heteroatoms. The normalized spacial score (nSPS) is 10.5. The van der Waals surface area contributed by atoms with Crippen molar-refractivity contribution in [2.45, 2.75) is 20.1 Å². The van der Waals surface area contributed by atoms with E-state index in [4.69, 9.17) is 4.74 Å². The molecule has 0 aliphatic heterocycles. The Morgan fingerprint density at radius 2 is 2.18 bits per heavy atom. The smallest absolute Gasteiger partial charge is 0.140 e. The van der Waals surface area contributed by atoms with Gasteiger partial charge in [0.05, 0.1) is 5.69 Å². The largest absolute Gasteiger partial charge is 0.486 e. The van der Waals surface area contributed by atoms with E-state index in [0.29, 0.717) is 6.61 Å². The zero-order valence-electron chi connectivity index (χ0n) is 10.1. The highest BCUT2D eigenvalue weighted by molar-refractivity contribution is 7.09. The Balaban J connectivity index is 1.95. The van der Waals surface area contributed by atoms with Gasteiger partial charge in [0.15, 0.2) is 0 Å². The summed E-state index contributed by atoms with van der Waals surface area (Å²) in [5, 5.41) is 6.16. The number of nitrogens with one attached hydrogen (secondary N) is 1. The summed E-state index contributed by atoms with van der Waals surface area (Å²) in [5.74, 6) is 0.929. The topological polar surface area (TPSA) is 34.1 Å². The van der Waals surface area contributed by atoms with Gasteiger partial charge in [0.2, 0.25) is 0 Å². The van der Waals surface area contributed by atoms with E-state index in [1.54, 1.807) is 11.3 Å². The number of rotatable bonds is 5. The number of aryl methyl sites for hydroxylation is 1. The van der Waals surface area contributed by atoms with Gasteiger partial charge in [0, 0.05) is 11.9 Å². The van der Waals surface area contributed by atoms with Gasteiger partial charge in [0.25, 0.3) is 0 Å². The van der Waals surface area contributed by atoms with Gasteiger partial charge in [-0.3, -0.25) is 0 Å². The molecule has 2 aromatic rings. The number of ether oxygens (including phenoxy) is 1. The molecule has 0 spiro atoms. The summed E-state index contributed by atoms with van der Waals surface area (Å²) in [4.78, 5) is 4.48. The van der Waals surface area contributed by atoms with Gasteiger partial charge in [-0.1, -0.05) is 18.2 Å². The molecule has 0 unspecified atom stereocenters. The fourth-order valence-corrected chi connectivity index (χ4v) is 2.24. The quantitative estimate of drug-likeness (QED) is 0.883.